The number of likely N-dealkylation sites (tertiary alicyclic amines) is 1. The lowest BCUT2D eigenvalue weighted by molar-refractivity contribution is -0.437. The van der Waals surface area contributed by atoms with Gasteiger partial charge < -0.3 is 54.3 Å². The average molecular weight is 1050 g/mol. The third-order valence-electron chi connectivity index (χ3n) is 21.9. The Morgan fingerprint density at radius 2 is 1.04 bits per heavy atom. The summed E-state index contributed by atoms with van der Waals surface area (Å²) in [7, 11) is 0. The Balaban J connectivity index is 0.000000163. The fraction of sp³-hybridized carbons (Fsp3) is 0.807. The van der Waals surface area contributed by atoms with E-state index in [9.17, 15) is 54.0 Å². The number of ketones is 4. The number of piperidine rings is 2. The molecule has 4 spiro atoms. The second-order valence-corrected chi connectivity index (χ2v) is 27.1. The van der Waals surface area contributed by atoms with Crippen LogP contribution in [0.25, 0.3) is 0 Å². The van der Waals surface area contributed by atoms with E-state index in [1.165, 1.54) is 0 Å². The van der Waals surface area contributed by atoms with Gasteiger partial charge in [-0.3, -0.25) is 28.8 Å². The van der Waals surface area contributed by atoms with Crippen molar-refractivity contribution in [3.05, 3.63) is 24.3 Å². The number of ether oxygens (including phenoxy) is 5. The van der Waals surface area contributed by atoms with E-state index in [1.807, 2.05) is 27.7 Å². The average Bonchev–Trinajstić information content (AvgIpc) is 3.87. The van der Waals surface area contributed by atoms with Gasteiger partial charge in [0, 0.05) is 49.6 Å². The monoisotopic (exact) mass is 1050 g/mol. The molecular formula is C57H78N2O16. The van der Waals surface area contributed by atoms with Gasteiger partial charge in [0.05, 0.1) is 35.9 Å². The first-order valence-corrected chi connectivity index (χ1v) is 27.8. The van der Waals surface area contributed by atoms with Crippen molar-refractivity contribution >= 4 is 41.2 Å². The maximum absolute atomic E-state index is 14.2. The van der Waals surface area contributed by atoms with Gasteiger partial charge in [0.2, 0.25) is 11.6 Å². The lowest BCUT2D eigenvalue weighted by Gasteiger charge is -2.73. The van der Waals surface area contributed by atoms with Crippen LogP contribution in [0.3, 0.4) is 0 Å². The maximum atomic E-state index is 14.2. The van der Waals surface area contributed by atoms with E-state index in [0.717, 1.165) is 0 Å². The van der Waals surface area contributed by atoms with Crippen molar-refractivity contribution in [2.75, 3.05) is 39.4 Å². The van der Waals surface area contributed by atoms with Crippen LogP contribution < -0.4 is 5.32 Å². The summed E-state index contributed by atoms with van der Waals surface area (Å²) >= 11 is 0. The van der Waals surface area contributed by atoms with Crippen LogP contribution in [-0.4, -0.2) is 147 Å². The second kappa shape index (κ2) is 17.0. The van der Waals surface area contributed by atoms with Gasteiger partial charge in [-0.2, -0.15) is 0 Å². The first-order chi connectivity index (χ1) is 35.1. The maximum Gasteiger partial charge on any atom is 0.410 e. The predicted octanol–water partition coefficient (Wildman–Crippen LogP) is 3.92. The Kier molecular flexibility index (Phi) is 12.1. The van der Waals surface area contributed by atoms with Crippen LogP contribution in [0.15, 0.2) is 24.3 Å². The molecule has 0 aromatic carbocycles. The minimum Gasteiger partial charge on any atom is -0.460 e. The van der Waals surface area contributed by atoms with E-state index in [4.69, 9.17) is 23.7 Å². The quantitative estimate of drug-likeness (QED) is 0.152. The second-order valence-electron chi connectivity index (χ2n) is 27.1. The van der Waals surface area contributed by atoms with Crippen LogP contribution in [0.4, 0.5) is 4.79 Å². The molecule has 1 amide bonds. The molecule has 8 bridgehead atoms. The van der Waals surface area contributed by atoms with Gasteiger partial charge in [0.1, 0.15) is 52.4 Å². The molecule has 14 fully saturated rings. The van der Waals surface area contributed by atoms with Crippen molar-refractivity contribution in [2.24, 2.45) is 79.8 Å². The summed E-state index contributed by atoms with van der Waals surface area (Å²) in [5.74, 6) is -10.6. The number of carbonyl (C=O) groups is 7. The van der Waals surface area contributed by atoms with Crippen molar-refractivity contribution in [1.82, 2.24) is 10.2 Å². The van der Waals surface area contributed by atoms with Gasteiger partial charge in [-0.15, -0.1) is 0 Å². The fourth-order valence-electron chi connectivity index (χ4n) is 18.7. The van der Waals surface area contributed by atoms with Crippen molar-refractivity contribution in [3.63, 3.8) is 0 Å². The molecule has 6 aliphatic heterocycles. The molecule has 18 nitrogen and oxygen atoms in total. The lowest BCUT2D eigenvalue weighted by Crippen LogP contribution is -2.85. The summed E-state index contributed by atoms with van der Waals surface area (Å²) in [5, 5.41) is 51.2. The number of nitrogens with zero attached hydrogens (tertiary/aromatic N) is 1. The number of Topliss-reactive ketones (excluding diaryl/α,β-unsaturated/α-hetero) is 4. The molecule has 14 rings (SSSR count). The Hall–Kier alpha value is -3.91. The number of amides is 1. The van der Waals surface area contributed by atoms with Gasteiger partial charge >= 0.3 is 18.0 Å². The van der Waals surface area contributed by atoms with E-state index >= 15 is 0 Å². The molecule has 18 heteroatoms. The van der Waals surface area contributed by atoms with Gasteiger partial charge in [-0.05, 0) is 132 Å². The van der Waals surface area contributed by atoms with E-state index in [1.54, 1.807) is 25.7 Å². The summed E-state index contributed by atoms with van der Waals surface area (Å²) < 4.78 is 29.8. The molecule has 8 saturated carbocycles. The number of hydrogen-bond acceptors (Lipinski definition) is 17. The first kappa shape index (κ1) is 53.1. The van der Waals surface area contributed by atoms with Crippen molar-refractivity contribution in [2.45, 2.75) is 167 Å². The van der Waals surface area contributed by atoms with Gasteiger partial charge in [0.25, 0.3) is 0 Å². The molecule has 0 aromatic rings. The molecule has 0 unspecified atom stereocenters. The molecule has 0 aromatic heterocycles. The van der Waals surface area contributed by atoms with Gasteiger partial charge in [-0.1, -0.05) is 40.9 Å². The van der Waals surface area contributed by atoms with E-state index < -0.39 is 139 Å². The number of esters is 2. The summed E-state index contributed by atoms with van der Waals surface area (Å²) in [4.78, 5) is 96.8. The topological polar surface area (TPSA) is 262 Å². The van der Waals surface area contributed by atoms with E-state index in [2.05, 4.69) is 18.5 Å². The van der Waals surface area contributed by atoms with E-state index in [0.29, 0.717) is 109 Å². The molecule has 14 aliphatic rings. The highest BCUT2D eigenvalue weighted by atomic mass is 16.7. The Morgan fingerprint density at radius 3 is 1.44 bits per heavy atom. The zero-order valence-corrected chi connectivity index (χ0v) is 44.7. The molecule has 6 heterocycles. The highest BCUT2D eigenvalue weighted by Crippen LogP contribution is 2.78. The summed E-state index contributed by atoms with van der Waals surface area (Å²) in [6.45, 7) is 23.5. The summed E-state index contributed by atoms with van der Waals surface area (Å²) in [6.07, 6.45) is 0.334. The largest absolute Gasteiger partial charge is 0.460 e. The summed E-state index contributed by atoms with van der Waals surface area (Å²) in [6, 6.07) is 0. The Labute approximate surface area is 438 Å². The molecule has 5 N–H and O–H groups in total. The smallest absolute Gasteiger partial charge is 0.410 e. The number of carbonyl (C=O) groups excluding carboxylic acids is 7. The number of hydrogen-bond donors (Lipinski definition) is 5. The number of fused-ring (bicyclic) bond motifs is 4. The zero-order chi connectivity index (χ0) is 54.2. The number of nitrogens with one attached hydrogen (secondary N) is 1. The fourth-order valence-corrected chi connectivity index (χ4v) is 18.7. The third-order valence-corrected chi connectivity index (χ3v) is 21.9. The van der Waals surface area contributed by atoms with Crippen molar-refractivity contribution in [3.8, 4) is 0 Å². The molecule has 412 valence electrons. The van der Waals surface area contributed by atoms with Crippen LogP contribution in [-0.2, 0) is 52.5 Å². The minimum atomic E-state index is -2.32. The Bertz CT molecular complexity index is 2540. The summed E-state index contributed by atoms with van der Waals surface area (Å²) in [5.41, 5.74) is -6.77. The third kappa shape index (κ3) is 6.65. The first-order valence-electron chi connectivity index (χ1n) is 27.8. The molecule has 8 aliphatic carbocycles. The van der Waals surface area contributed by atoms with E-state index in [-0.39, 0.29) is 42.2 Å². The van der Waals surface area contributed by atoms with Crippen LogP contribution in [0.5, 0.6) is 0 Å². The van der Waals surface area contributed by atoms with Crippen molar-refractivity contribution < 1.29 is 77.7 Å². The molecule has 16 atom stereocenters. The normalized spacial score (nSPS) is 46.2. The van der Waals surface area contributed by atoms with Crippen LogP contribution in [0.2, 0.25) is 0 Å². The standard InChI is InChI=1S/C31H43NO9.C26H35NO7/c1-16-18-7-8-19-29-15-39-31(38,23(35)21(29)28(5,6)12-9-20(29)33)30(19,22(16)34)24(18)40-25(36)17-10-13-32(14-11-17)26(37)41-27(2,3)4;1-13-15-4-5-16-24-12-33-26(32,20(30)18(24)23(2,3)9-6-17(24)28)25(16,19(13)29)21(15)34-22(31)14-7-10-27-11-8-14/h17-19,21,23-24,35,38H,1,7-15H2,2-6H3;14-16,18,20-21,27,30,32H,1,4-12H2,2-3H3/t18-,19-,21+,23-,24+,29+,30-,31-;15-,16-,18+,20-,21+,24+,25-,26-/m00/s1. The molecule has 75 heavy (non-hydrogen) atoms. The molecule has 6 saturated heterocycles. The number of aliphatic hydroxyl groups is 4. The number of rotatable bonds is 4. The number of aliphatic hydroxyl groups excluding tert-OH is 2. The minimum absolute atomic E-state index is 0.0193. The zero-order valence-electron chi connectivity index (χ0n) is 44.7. The predicted molar refractivity (Wildman–Crippen MR) is 263 cm³/mol. The lowest BCUT2D eigenvalue weighted by atomic mass is 9.36. The SMILES string of the molecule is C=C1C(=O)[C@]23[C@H](OC(=O)C4CCN(C(=O)OC(C)(C)C)CC4)[C@H]1CC[C@H]2[C@@]12CO[C@@]3(O)[C@@H](O)[C@@H]1C(C)(C)CCC2=O.C=C1C(=O)[C@]23[C@H](OC(=O)C4CCNCC4)[C@H]1CC[C@H]2[C@@]12CO[C@@]3(O)[C@@H](O)[C@@H]1C(C)(C)CCC2=O. The van der Waals surface area contributed by atoms with Crippen molar-refractivity contribution in [1.29, 1.82) is 0 Å². The highest BCUT2D eigenvalue weighted by molar-refractivity contribution is 6.07. The van der Waals surface area contributed by atoms with Crippen LogP contribution >= 0.6 is 0 Å². The molecule has 0 radical (unpaired) electrons. The van der Waals surface area contributed by atoms with Gasteiger partial charge in [-0.25, -0.2) is 4.79 Å². The molecular weight excluding hydrogens is 969 g/mol. The van der Waals surface area contributed by atoms with Gasteiger partial charge in [0.15, 0.2) is 11.6 Å². The Morgan fingerprint density at radius 1 is 0.640 bits per heavy atom. The highest BCUT2D eigenvalue weighted by Gasteiger charge is 2.90. The van der Waals surface area contributed by atoms with Crippen LogP contribution in [0.1, 0.15) is 126 Å². The van der Waals surface area contributed by atoms with Crippen LogP contribution in [0, 0.1) is 79.8 Å².